The van der Waals surface area contributed by atoms with Crippen molar-refractivity contribution in [3.63, 3.8) is 0 Å². The largest absolute Gasteiger partial charge is 0.393 e. The van der Waals surface area contributed by atoms with Crippen molar-refractivity contribution in [1.82, 2.24) is 4.90 Å². The number of likely N-dealkylation sites (tertiary alicyclic amines) is 1. The number of aliphatic hydroxyl groups excluding tert-OH is 1. The van der Waals surface area contributed by atoms with Gasteiger partial charge < -0.3 is 28.8 Å². The normalized spacial score (nSPS) is 49.2. The molecule has 2 heterocycles. The first-order chi connectivity index (χ1) is 21.2. The zero-order chi connectivity index (χ0) is 30.7. The Balaban J connectivity index is 0.979. The van der Waals surface area contributed by atoms with Gasteiger partial charge in [0.25, 0.3) is 0 Å². The van der Waals surface area contributed by atoms with Crippen molar-refractivity contribution in [2.45, 2.75) is 109 Å². The highest BCUT2D eigenvalue weighted by atomic mass is 16.6. The van der Waals surface area contributed by atoms with Crippen LogP contribution in [0.2, 0.25) is 0 Å². The number of methoxy groups -OCH3 is 1. The van der Waals surface area contributed by atoms with Crippen molar-refractivity contribution in [2.24, 2.45) is 45.8 Å². The van der Waals surface area contributed by atoms with Crippen molar-refractivity contribution in [1.29, 1.82) is 0 Å². The Morgan fingerprint density at radius 3 is 2.43 bits per heavy atom. The predicted molar refractivity (Wildman–Crippen MR) is 170 cm³/mol. The third-order valence-electron chi connectivity index (χ3n) is 14.7. The number of piperidine rings is 1. The third-order valence-corrected chi connectivity index (χ3v) is 14.7. The molecule has 0 aromatic carbocycles. The average molecular weight is 616 g/mol. The molecule has 2 saturated heterocycles. The van der Waals surface area contributed by atoms with Gasteiger partial charge in [-0.15, -0.1) is 0 Å². The van der Waals surface area contributed by atoms with Gasteiger partial charge in [0.2, 0.25) is 0 Å². The maximum Gasteiger partial charge on any atom is 0.0787 e. The molecule has 0 aromatic rings. The molecule has 6 fully saturated rings. The zero-order valence-electron chi connectivity index (χ0n) is 28.4. The van der Waals surface area contributed by atoms with Crippen molar-refractivity contribution in [3.8, 4) is 0 Å². The number of allylic oxidation sites excluding steroid dienone is 1. The number of ether oxygens (including phenoxy) is 5. The second-order valence-electron chi connectivity index (χ2n) is 16.6. The molecular weight excluding hydrogens is 554 g/mol. The van der Waals surface area contributed by atoms with Crippen LogP contribution >= 0.6 is 0 Å². The number of fused-ring (bicyclic) bond motifs is 6. The molecule has 7 rings (SSSR count). The summed E-state index contributed by atoms with van der Waals surface area (Å²) in [6.45, 7) is 16.7. The van der Waals surface area contributed by atoms with E-state index in [4.69, 9.17) is 23.7 Å². The molecule has 7 heteroatoms. The summed E-state index contributed by atoms with van der Waals surface area (Å²) in [5.41, 5.74) is 2.65. The molecule has 4 saturated carbocycles. The summed E-state index contributed by atoms with van der Waals surface area (Å²) in [4.78, 5) is 2.74. The summed E-state index contributed by atoms with van der Waals surface area (Å²) < 4.78 is 29.7. The van der Waals surface area contributed by atoms with E-state index < -0.39 is 0 Å². The summed E-state index contributed by atoms with van der Waals surface area (Å²) in [6.07, 6.45) is 13.7. The second kappa shape index (κ2) is 12.2. The van der Waals surface area contributed by atoms with Crippen LogP contribution in [0.15, 0.2) is 11.6 Å². The Labute approximate surface area is 266 Å². The summed E-state index contributed by atoms with van der Waals surface area (Å²) in [6, 6.07) is 0.496. The molecule has 0 bridgehead atoms. The molecule has 5 aliphatic carbocycles. The van der Waals surface area contributed by atoms with Gasteiger partial charge in [0.05, 0.1) is 64.1 Å². The maximum atomic E-state index is 10.5. The minimum absolute atomic E-state index is 0.00851. The Morgan fingerprint density at radius 2 is 1.68 bits per heavy atom. The van der Waals surface area contributed by atoms with E-state index >= 15 is 0 Å². The van der Waals surface area contributed by atoms with Crippen LogP contribution in [0.4, 0.5) is 0 Å². The topological polar surface area (TPSA) is 69.6 Å². The smallest absolute Gasteiger partial charge is 0.0787 e. The second-order valence-corrected chi connectivity index (χ2v) is 16.6. The molecule has 250 valence electrons. The van der Waals surface area contributed by atoms with Crippen molar-refractivity contribution < 1.29 is 28.8 Å². The molecule has 1 N–H and O–H groups in total. The highest BCUT2D eigenvalue weighted by molar-refractivity contribution is 5.36. The summed E-state index contributed by atoms with van der Waals surface area (Å²) >= 11 is 0. The highest BCUT2D eigenvalue weighted by Crippen LogP contribution is 2.87. The summed E-state index contributed by atoms with van der Waals surface area (Å²) in [7, 11) is 1.69. The number of nitrogens with zero attached hydrogens (tertiary/aromatic N) is 1. The lowest BCUT2D eigenvalue weighted by Gasteiger charge is -2.50. The molecule has 0 amide bonds. The van der Waals surface area contributed by atoms with Gasteiger partial charge in [0.15, 0.2) is 0 Å². The molecule has 3 unspecified atom stereocenters. The molecule has 12 atom stereocenters. The molecular formula is C37H61NO6. The SMILES string of the molecule is COCCOCCOCCOCCN1C[C@@H](C)C[C@H]2O[C@]3(CC[C@H]4C5CC=C6C[C@@H](O)CC[C@]6(C)[C@H]5CC45CC53C)[C@H](C)[C@@H]21. The van der Waals surface area contributed by atoms with E-state index in [1.54, 1.807) is 12.7 Å². The van der Waals surface area contributed by atoms with Crippen LogP contribution in [0.5, 0.6) is 0 Å². The predicted octanol–water partition coefficient (Wildman–Crippen LogP) is 5.49. The lowest BCUT2D eigenvalue weighted by molar-refractivity contribution is -0.148. The van der Waals surface area contributed by atoms with Crippen LogP contribution in [0.1, 0.15) is 85.5 Å². The van der Waals surface area contributed by atoms with E-state index in [2.05, 4.69) is 38.7 Å². The monoisotopic (exact) mass is 615 g/mol. The van der Waals surface area contributed by atoms with Crippen molar-refractivity contribution in [3.05, 3.63) is 11.6 Å². The molecule has 2 spiro atoms. The Kier molecular flexibility index (Phi) is 8.85. The first kappa shape index (κ1) is 32.0. The molecule has 0 radical (unpaired) electrons. The zero-order valence-corrected chi connectivity index (χ0v) is 28.4. The van der Waals surface area contributed by atoms with Gasteiger partial charge in [0, 0.05) is 37.6 Å². The number of hydrogen-bond acceptors (Lipinski definition) is 7. The molecule has 44 heavy (non-hydrogen) atoms. The van der Waals surface area contributed by atoms with Gasteiger partial charge >= 0.3 is 0 Å². The minimum atomic E-state index is -0.126. The van der Waals surface area contributed by atoms with E-state index in [-0.39, 0.29) is 17.1 Å². The quantitative estimate of drug-likeness (QED) is 0.230. The summed E-state index contributed by atoms with van der Waals surface area (Å²) in [5, 5.41) is 10.5. The average Bonchev–Trinajstić information content (AvgIpc) is 3.34. The van der Waals surface area contributed by atoms with E-state index in [0.717, 1.165) is 50.3 Å². The highest BCUT2D eigenvalue weighted by Gasteiger charge is 2.84. The fourth-order valence-corrected chi connectivity index (χ4v) is 12.6. The molecule has 7 nitrogen and oxygen atoms in total. The van der Waals surface area contributed by atoms with Crippen LogP contribution < -0.4 is 0 Å². The van der Waals surface area contributed by atoms with Gasteiger partial charge in [0.1, 0.15) is 0 Å². The van der Waals surface area contributed by atoms with Crippen LogP contribution in [-0.4, -0.2) is 100 Å². The number of aliphatic hydroxyl groups is 1. The fourth-order valence-electron chi connectivity index (χ4n) is 12.6. The molecule has 2 aliphatic heterocycles. The third kappa shape index (κ3) is 4.92. The summed E-state index contributed by atoms with van der Waals surface area (Å²) in [5.74, 6) is 3.67. The van der Waals surface area contributed by atoms with Crippen LogP contribution in [0.25, 0.3) is 0 Å². The van der Waals surface area contributed by atoms with Gasteiger partial charge in [-0.05, 0) is 92.3 Å². The van der Waals surface area contributed by atoms with Crippen LogP contribution in [0, 0.1) is 45.8 Å². The first-order valence-electron chi connectivity index (χ1n) is 18.2. The van der Waals surface area contributed by atoms with Crippen molar-refractivity contribution in [2.75, 3.05) is 66.4 Å². The van der Waals surface area contributed by atoms with E-state index in [1.807, 2.05) is 0 Å². The Bertz CT molecular complexity index is 1070. The fraction of sp³-hybridized carbons (Fsp3) is 0.946. The van der Waals surface area contributed by atoms with E-state index in [9.17, 15) is 5.11 Å². The maximum absolute atomic E-state index is 10.5. The number of rotatable bonds is 12. The van der Waals surface area contributed by atoms with Gasteiger partial charge in [-0.2, -0.15) is 0 Å². The van der Waals surface area contributed by atoms with Gasteiger partial charge in [-0.3, -0.25) is 4.90 Å². The lowest BCUT2D eigenvalue weighted by Crippen LogP contribution is -2.55. The van der Waals surface area contributed by atoms with Gasteiger partial charge in [-0.25, -0.2) is 0 Å². The molecule has 0 aromatic heterocycles. The van der Waals surface area contributed by atoms with Crippen LogP contribution in [0.3, 0.4) is 0 Å². The first-order valence-corrected chi connectivity index (χ1v) is 18.2. The molecule has 7 aliphatic rings. The number of hydrogen-bond donors (Lipinski definition) is 1. The van der Waals surface area contributed by atoms with Crippen LogP contribution in [-0.2, 0) is 23.7 Å². The van der Waals surface area contributed by atoms with Crippen molar-refractivity contribution >= 4 is 0 Å². The lowest BCUT2D eigenvalue weighted by atomic mass is 9.56. The standard InChI is InChI=1S/C37H61NO6/c1-25-20-32-33(38(23-25)12-13-41-16-17-43-19-18-42-15-14-40-5)26(2)37(44-32)11-9-30-29-7-6-27-21-28(39)8-10-34(27,3)31(29)22-36(30)24-35(36,37)4/h6,25-26,28-33,39H,7-24H2,1-5H3/t25-,26+,28-,29?,30-,31-,32+,33-,34-,35?,36?,37+/m0/s1. The Hall–Kier alpha value is -0.540. The van der Waals surface area contributed by atoms with E-state index in [1.165, 1.54) is 44.9 Å². The van der Waals surface area contributed by atoms with Gasteiger partial charge in [-0.1, -0.05) is 39.3 Å². The van der Waals surface area contributed by atoms with E-state index in [0.29, 0.717) is 74.5 Å². The Morgan fingerprint density at radius 1 is 0.955 bits per heavy atom. The minimum Gasteiger partial charge on any atom is -0.393 e.